The van der Waals surface area contributed by atoms with Crippen molar-refractivity contribution in [3.8, 4) is 0 Å². The first-order chi connectivity index (χ1) is 17.1. The van der Waals surface area contributed by atoms with Gasteiger partial charge in [-0.1, -0.05) is 0 Å². The molecule has 3 amide bonds. The molecule has 12 heteroatoms. The minimum Gasteiger partial charge on any atom is -0.379 e. The van der Waals surface area contributed by atoms with Crippen molar-refractivity contribution in [3.63, 3.8) is 0 Å². The maximum Gasteiger partial charge on any atom is 0.417 e. The van der Waals surface area contributed by atoms with Crippen LogP contribution in [0.5, 0.6) is 0 Å². The molecule has 4 heterocycles. The van der Waals surface area contributed by atoms with E-state index in [0.29, 0.717) is 56.8 Å². The average molecular weight is 512 g/mol. The molecule has 1 aliphatic carbocycles. The molecule has 2 saturated heterocycles. The molecular formula is C24H32F3N5O4. The van der Waals surface area contributed by atoms with Gasteiger partial charge in [-0.2, -0.15) is 13.2 Å². The van der Waals surface area contributed by atoms with E-state index >= 15 is 0 Å². The number of fused-ring (bicyclic) bond motifs is 2. The Hall–Kier alpha value is -2.44. The number of pyridine rings is 1. The van der Waals surface area contributed by atoms with E-state index in [-0.39, 0.29) is 43.1 Å². The Balaban J connectivity index is 1.36. The van der Waals surface area contributed by atoms with Gasteiger partial charge in [-0.3, -0.25) is 9.78 Å². The summed E-state index contributed by atoms with van der Waals surface area (Å²) in [6.45, 7) is 2.19. The fourth-order valence-electron chi connectivity index (χ4n) is 6.50. The Kier molecular flexibility index (Phi) is 6.63. The molecule has 1 saturated carbocycles. The number of likely N-dealkylation sites (tertiary alicyclic amines) is 1. The van der Waals surface area contributed by atoms with Gasteiger partial charge in [-0.15, -0.1) is 0 Å². The molecule has 3 N–H and O–H groups in total. The van der Waals surface area contributed by atoms with Crippen LogP contribution in [0.2, 0.25) is 0 Å². The van der Waals surface area contributed by atoms with Gasteiger partial charge < -0.3 is 30.3 Å². The first-order valence-corrected chi connectivity index (χ1v) is 12.4. The highest BCUT2D eigenvalue weighted by atomic mass is 19.4. The lowest BCUT2D eigenvalue weighted by Gasteiger charge is -2.37. The van der Waals surface area contributed by atoms with E-state index in [1.807, 2.05) is 0 Å². The third-order valence-electron chi connectivity index (χ3n) is 8.32. The predicted octanol–water partition coefficient (Wildman–Crippen LogP) is 1.54. The number of primary amides is 1. The molecule has 5 atom stereocenters. The lowest BCUT2D eigenvalue weighted by molar-refractivity contribution is -0.143. The largest absolute Gasteiger partial charge is 0.417 e. The average Bonchev–Trinajstić information content (AvgIpc) is 3.38. The molecule has 4 aliphatic rings. The highest BCUT2D eigenvalue weighted by Crippen LogP contribution is 2.50. The van der Waals surface area contributed by atoms with Crippen molar-refractivity contribution >= 4 is 11.9 Å². The van der Waals surface area contributed by atoms with Crippen molar-refractivity contribution in [3.05, 3.63) is 29.1 Å². The van der Waals surface area contributed by atoms with Crippen LogP contribution in [0.1, 0.15) is 36.1 Å². The number of amides is 3. The van der Waals surface area contributed by atoms with Crippen molar-refractivity contribution in [1.29, 1.82) is 0 Å². The number of nitrogens with zero attached hydrogens (tertiary/aromatic N) is 3. The minimum atomic E-state index is -4.50. The molecule has 0 unspecified atom stereocenters. The Morgan fingerprint density at radius 1 is 1.33 bits per heavy atom. The molecule has 5 rings (SSSR count). The van der Waals surface area contributed by atoms with Gasteiger partial charge in [-0.05, 0) is 36.8 Å². The lowest BCUT2D eigenvalue weighted by atomic mass is 9.78. The zero-order chi connectivity index (χ0) is 25.7. The Morgan fingerprint density at radius 2 is 2.14 bits per heavy atom. The molecular weight excluding hydrogens is 479 g/mol. The number of methoxy groups -OCH3 is 1. The molecule has 0 bridgehead atoms. The van der Waals surface area contributed by atoms with Crippen LogP contribution in [0.25, 0.3) is 0 Å². The highest BCUT2D eigenvalue weighted by molar-refractivity contribution is 5.86. The van der Waals surface area contributed by atoms with Crippen molar-refractivity contribution in [1.82, 2.24) is 20.1 Å². The molecule has 9 nitrogen and oxygen atoms in total. The molecule has 36 heavy (non-hydrogen) atoms. The van der Waals surface area contributed by atoms with Crippen LogP contribution in [0.4, 0.5) is 18.0 Å². The molecule has 3 aliphatic heterocycles. The molecule has 198 valence electrons. The fourth-order valence-corrected chi connectivity index (χ4v) is 6.50. The number of aromatic nitrogens is 1. The first kappa shape index (κ1) is 25.2. The van der Waals surface area contributed by atoms with Gasteiger partial charge in [0.05, 0.1) is 23.7 Å². The van der Waals surface area contributed by atoms with E-state index in [0.717, 1.165) is 18.7 Å². The van der Waals surface area contributed by atoms with Crippen LogP contribution in [-0.2, 0) is 33.4 Å². The van der Waals surface area contributed by atoms with Gasteiger partial charge >= 0.3 is 12.2 Å². The van der Waals surface area contributed by atoms with E-state index < -0.39 is 23.2 Å². The predicted molar refractivity (Wildman–Crippen MR) is 122 cm³/mol. The summed E-state index contributed by atoms with van der Waals surface area (Å²) in [5.41, 5.74) is 4.94. The van der Waals surface area contributed by atoms with Crippen molar-refractivity contribution in [2.24, 2.45) is 17.1 Å². The SMILES string of the molecule is CO[C@@H]1COCC[C@@H]1N[C@@H]1C[C@H]2CN(C(N)=O)C[C@@]2(C(=O)N2CCc3ncc(C(F)(F)F)cc3C2)C1. The third-order valence-corrected chi connectivity index (χ3v) is 8.32. The van der Waals surface area contributed by atoms with E-state index in [2.05, 4.69) is 10.3 Å². The number of hydrogen-bond donors (Lipinski definition) is 2. The number of nitrogens with one attached hydrogen (secondary N) is 1. The number of carbonyl (C=O) groups is 2. The quantitative estimate of drug-likeness (QED) is 0.635. The van der Waals surface area contributed by atoms with Crippen LogP contribution in [0.15, 0.2) is 12.3 Å². The third kappa shape index (κ3) is 4.54. The summed E-state index contributed by atoms with van der Waals surface area (Å²) in [6.07, 6.45) is -1.32. The van der Waals surface area contributed by atoms with Crippen molar-refractivity contribution in [2.45, 2.75) is 56.6 Å². The molecule has 0 radical (unpaired) electrons. The van der Waals surface area contributed by atoms with Crippen LogP contribution in [-0.4, -0.2) is 84.9 Å². The number of hydrogen-bond acceptors (Lipinski definition) is 6. The van der Waals surface area contributed by atoms with Gasteiger partial charge in [0.2, 0.25) is 5.91 Å². The number of carbonyl (C=O) groups excluding carboxylic acids is 2. The van der Waals surface area contributed by atoms with E-state index in [9.17, 15) is 22.8 Å². The normalized spacial score (nSPS) is 32.3. The fraction of sp³-hybridized carbons (Fsp3) is 0.708. The summed E-state index contributed by atoms with van der Waals surface area (Å²) in [5, 5.41) is 3.67. The van der Waals surface area contributed by atoms with E-state index in [4.69, 9.17) is 15.2 Å². The van der Waals surface area contributed by atoms with E-state index in [1.165, 1.54) is 4.90 Å². The number of alkyl halides is 3. The summed E-state index contributed by atoms with van der Waals surface area (Å²) >= 11 is 0. The maximum absolute atomic E-state index is 14.1. The Bertz CT molecular complexity index is 1020. The second-order valence-electron chi connectivity index (χ2n) is 10.4. The van der Waals surface area contributed by atoms with Gasteiger partial charge in [0.15, 0.2) is 0 Å². The van der Waals surface area contributed by atoms with Crippen LogP contribution < -0.4 is 11.1 Å². The number of urea groups is 1. The number of halogens is 3. The monoisotopic (exact) mass is 511 g/mol. The topological polar surface area (TPSA) is 110 Å². The smallest absolute Gasteiger partial charge is 0.379 e. The van der Waals surface area contributed by atoms with Gasteiger partial charge in [0.25, 0.3) is 0 Å². The van der Waals surface area contributed by atoms with Crippen LogP contribution in [0, 0.1) is 11.3 Å². The first-order valence-electron chi connectivity index (χ1n) is 12.4. The number of nitrogens with two attached hydrogens (primary N) is 1. The molecule has 0 aromatic carbocycles. The zero-order valence-electron chi connectivity index (χ0n) is 20.2. The highest BCUT2D eigenvalue weighted by Gasteiger charge is 2.59. The van der Waals surface area contributed by atoms with E-state index in [1.54, 1.807) is 12.0 Å². The van der Waals surface area contributed by atoms with Crippen molar-refractivity contribution < 1.29 is 32.2 Å². The lowest BCUT2D eigenvalue weighted by Crippen LogP contribution is -2.52. The van der Waals surface area contributed by atoms with Gasteiger partial charge in [0.1, 0.15) is 0 Å². The molecule has 1 aromatic rings. The summed E-state index contributed by atoms with van der Waals surface area (Å²) < 4.78 is 50.8. The zero-order valence-corrected chi connectivity index (χ0v) is 20.2. The van der Waals surface area contributed by atoms with Crippen molar-refractivity contribution in [2.75, 3.05) is 40.0 Å². The molecule has 1 aromatic heterocycles. The number of rotatable bonds is 4. The van der Waals surface area contributed by atoms with Gasteiger partial charge in [-0.25, -0.2) is 4.79 Å². The molecule has 0 spiro atoms. The maximum atomic E-state index is 14.1. The second kappa shape index (κ2) is 9.46. The second-order valence-corrected chi connectivity index (χ2v) is 10.4. The Morgan fingerprint density at radius 3 is 2.86 bits per heavy atom. The summed E-state index contributed by atoms with van der Waals surface area (Å²) in [6, 6.07) is 0.676. The number of ether oxygens (including phenoxy) is 2. The molecule has 3 fully saturated rings. The van der Waals surface area contributed by atoms with Gasteiger partial charge in [0, 0.05) is 70.3 Å². The summed E-state index contributed by atoms with van der Waals surface area (Å²) in [4.78, 5) is 33.2. The minimum absolute atomic E-state index is 0.0466. The van der Waals surface area contributed by atoms with Crippen LogP contribution in [0.3, 0.4) is 0 Å². The Labute approximate surface area is 207 Å². The summed E-state index contributed by atoms with van der Waals surface area (Å²) in [5.74, 6) is -0.212. The summed E-state index contributed by atoms with van der Waals surface area (Å²) in [7, 11) is 1.65. The van der Waals surface area contributed by atoms with Crippen LogP contribution >= 0.6 is 0 Å². The standard InChI is InChI=1S/C24H32F3N5O4/c1-35-20-12-36-5-3-19(20)30-17-7-16-11-32(22(28)34)13-23(16,8-17)21(33)31-4-2-18-14(10-31)6-15(9-29-18)24(25,26)27/h6,9,16-17,19-20,30H,2-5,7-8,10-13H2,1H3,(H2,28,34)/t16-,17+,19-,20+,23-/m0/s1.